The number of hydrogen-bond donors (Lipinski definition) is 1. The van der Waals surface area contributed by atoms with Gasteiger partial charge in [-0.1, -0.05) is 0 Å². The summed E-state index contributed by atoms with van der Waals surface area (Å²) in [7, 11) is -6.47. The van der Waals surface area contributed by atoms with Gasteiger partial charge in [-0.25, -0.2) is 21.6 Å². The van der Waals surface area contributed by atoms with E-state index in [1.54, 1.807) is 0 Å². The van der Waals surface area contributed by atoms with Crippen molar-refractivity contribution in [3.63, 3.8) is 0 Å². The van der Waals surface area contributed by atoms with Gasteiger partial charge >= 0.3 is 0 Å². The maximum Gasteiger partial charge on any atom is 0.264 e. The second-order valence-corrected chi connectivity index (χ2v) is 6.30. The molecule has 0 aliphatic carbocycles. The highest BCUT2D eigenvalue weighted by Gasteiger charge is 2.15. The molecule has 0 atom stereocenters. The molecule has 10 heteroatoms. The quantitative estimate of drug-likeness (QED) is 0.490. The molecule has 0 bridgehead atoms. The smallest absolute Gasteiger partial charge is 0.216 e. The van der Waals surface area contributed by atoms with Gasteiger partial charge in [0.15, 0.2) is 0 Å². The average molecular weight is 276 g/mol. The monoisotopic (exact) mass is 276 g/mol. The fraction of sp³-hybridized carbons (Fsp3) is 0.143. The lowest BCUT2D eigenvalue weighted by Crippen LogP contribution is -2.18. The van der Waals surface area contributed by atoms with E-state index in [9.17, 15) is 16.8 Å². The van der Waals surface area contributed by atoms with Crippen LogP contribution in [0, 0.1) is 0 Å². The molecule has 1 rings (SSSR count). The first kappa shape index (κ1) is 13.5. The summed E-state index contributed by atoms with van der Waals surface area (Å²) in [6, 6.07) is 4.31. The van der Waals surface area contributed by atoms with Crippen LogP contribution in [0.25, 0.3) is 10.4 Å². The molecule has 0 aliphatic rings. The Morgan fingerprint density at radius 1 is 1.12 bits per heavy atom. The van der Waals surface area contributed by atoms with Gasteiger partial charge in [0.05, 0.1) is 9.79 Å². The minimum absolute atomic E-state index is 0.0834. The van der Waals surface area contributed by atoms with Crippen molar-refractivity contribution in [2.75, 3.05) is 7.05 Å². The van der Waals surface area contributed by atoms with Crippen LogP contribution in [-0.2, 0) is 20.0 Å². The molecule has 0 saturated heterocycles. The van der Waals surface area contributed by atoms with E-state index in [1.807, 2.05) is 0 Å². The van der Waals surface area contributed by atoms with Crippen molar-refractivity contribution in [1.82, 2.24) is 4.72 Å². The summed E-state index contributed by atoms with van der Waals surface area (Å²) in [4.78, 5) is 1.82. The number of azide groups is 1. The van der Waals surface area contributed by atoms with Crippen LogP contribution in [0.5, 0.6) is 0 Å². The number of benzene rings is 1. The highest BCUT2D eigenvalue weighted by atomic mass is 32.2. The molecule has 0 amide bonds. The summed E-state index contributed by atoms with van der Waals surface area (Å²) in [6.45, 7) is 0. The van der Waals surface area contributed by atoms with Crippen molar-refractivity contribution in [2.45, 2.75) is 9.79 Å². The molecule has 0 heterocycles. The SMILES string of the molecule is CNS(=O)(=O)c1ccc(S(=O)(=O)N=[N+]=[N-])cc1. The van der Waals surface area contributed by atoms with Gasteiger partial charge in [-0.05, 0) is 36.8 Å². The predicted octanol–water partition coefficient (Wildman–Crippen LogP) is 0.594. The van der Waals surface area contributed by atoms with Crippen molar-refractivity contribution >= 4 is 20.0 Å². The minimum atomic E-state index is -4.09. The van der Waals surface area contributed by atoms with E-state index >= 15 is 0 Å². The van der Waals surface area contributed by atoms with Crippen molar-refractivity contribution in [1.29, 1.82) is 0 Å². The third kappa shape index (κ3) is 2.94. The standard InChI is InChI=1S/C7H8N4O4S2/c1-9-16(12,13)6-2-4-7(5-3-6)17(14,15)11-10-8/h2-5,9H,1H3. The summed E-state index contributed by atoms with van der Waals surface area (Å²) in [6.07, 6.45) is 0. The maximum atomic E-state index is 11.3. The van der Waals surface area contributed by atoms with E-state index in [0.717, 1.165) is 24.3 Å². The Morgan fingerprint density at radius 2 is 1.59 bits per heavy atom. The van der Waals surface area contributed by atoms with E-state index in [4.69, 9.17) is 5.53 Å². The van der Waals surface area contributed by atoms with Crippen molar-refractivity contribution in [2.24, 2.45) is 4.52 Å². The first-order valence-electron chi connectivity index (χ1n) is 4.18. The summed E-state index contributed by atoms with van der Waals surface area (Å²) in [5, 5.41) is 0. The molecule has 0 unspecified atom stereocenters. The molecule has 17 heavy (non-hydrogen) atoms. The Hall–Kier alpha value is -1.61. The van der Waals surface area contributed by atoms with Crippen LogP contribution in [0.2, 0.25) is 0 Å². The second-order valence-electron chi connectivity index (χ2n) is 2.83. The largest absolute Gasteiger partial charge is 0.264 e. The zero-order valence-corrected chi connectivity index (χ0v) is 10.2. The lowest BCUT2D eigenvalue weighted by atomic mass is 10.4. The van der Waals surface area contributed by atoms with E-state index in [1.165, 1.54) is 7.05 Å². The highest BCUT2D eigenvalue weighted by Crippen LogP contribution is 2.16. The lowest BCUT2D eigenvalue weighted by molar-refractivity contribution is 0.587. The summed E-state index contributed by atoms with van der Waals surface area (Å²) >= 11 is 0. The number of hydrogen-bond acceptors (Lipinski definition) is 4. The third-order valence-corrected chi connectivity index (χ3v) is 4.43. The van der Waals surface area contributed by atoms with Gasteiger partial charge in [-0.3, -0.25) is 0 Å². The van der Waals surface area contributed by atoms with Crippen LogP contribution in [0.3, 0.4) is 0 Å². The molecule has 1 N–H and O–H groups in total. The average Bonchev–Trinajstić information content (AvgIpc) is 2.29. The Balaban J connectivity index is 3.27. The number of nitrogens with zero attached hydrogens (tertiary/aromatic N) is 3. The van der Waals surface area contributed by atoms with Crippen molar-refractivity contribution in [3.8, 4) is 0 Å². The molecular weight excluding hydrogens is 268 g/mol. The van der Waals surface area contributed by atoms with Crippen LogP contribution in [0.4, 0.5) is 0 Å². The molecule has 0 saturated carbocycles. The third-order valence-electron chi connectivity index (χ3n) is 1.84. The second kappa shape index (κ2) is 4.72. The van der Waals surface area contributed by atoms with E-state index in [-0.39, 0.29) is 9.79 Å². The Morgan fingerprint density at radius 3 is 2.00 bits per heavy atom. The molecule has 8 nitrogen and oxygen atoms in total. The molecule has 0 spiro atoms. The van der Waals surface area contributed by atoms with Crippen LogP contribution in [0.15, 0.2) is 38.6 Å². The highest BCUT2D eigenvalue weighted by molar-refractivity contribution is 7.90. The van der Waals surface area contributed by atoms with Gasteiger partial charge in [0.25, 0.3) is 10.0 Å². The van der Waals surface area contributed by atoms with Crippen LogP contribution >= 0.6 is 0 Å². The van der Waals surface area contributed by atoms with Crippen LogP contribution < -0.4 is 4.72 Å². The Kier molecular flexibility index (Phi) is 3.73. The van der Waals surface area contributed by atoms with Crippen LogP contribution in [-0.4, -0.2) is 23.9 Å². The normalized spacial score (nSPS) is 11.8. The van der Waals surface area contributed by atoms with Crippen LogP contribution in [0.1, 0.15) is 0 Å². The molecular formula is C7H8N4O4S2. The molecule has 0 aliphatic heterocycles. The lowest BCUT2D eigenvalue weighted by Gasteiger charge is -2.02. The first-order valence-corrected chi connectivity index (χ1v) is 7.11. The molecule has 0 fully saturated rings. The number of sulfonamides is 2. The maximum absolute atomic E-state index is 11.3. The van der Waals surface area contributed by atoms with E-state index < -0.39 is 20.0 Å². The molecule has 0 radical (unpaired) electrons. The summed E-state index contributed by atoms with van der Waals surface area (Å²) in [5.74, 6) is 0. The summed E-state index contributed by atoms with van der Waals surface area (Å²) in [5.41, 5.74) is 8.06. The molecule has 1 aromatic carbocycles. The van der Waals surface area contributed by atoms with Crippen molar-refractivity contribution in [3.05, 3.63) is 34.7 Å². The van der Waals surface area contributed by atoms with E-state index in [0.29, 0.717) is 0 Å². The van der Waals surface area contributed by atoms with E-state index in [2.05, 4.69) is 14.2 Å². The molecule has 92 valence electrons. The van der Waals surface area contributed by atoms with Gasteiger partial charge in [0.1, 0.15) is 0 Å². The molecule has 0 aromatic heterocycles. The fourth-order valence-electron chi connectivity index (χ4n) is 1.00. The Bertz CT molecular complexity index is 656. The summed E-state index contributed by atoms with van der Waals surface area (Å²) < 4.78 is 50.0. The first-order chi connectivity index (χ1) is 7.83. The topological polar surface area (TPSA) is 129 Å². The van der Waals surface area contributed by atoms with Gasteiger partial charge in [0, 0.05) is 9.43 Å². The number of nitrogens with one attached hydrogen (secondary N) is 1. The zero-order chi connectivity index (χ0) is 13.1. The Labute approximate surface area is 98.0 Å². The van der Waals surface area contributed by atoms with Gasteiger partial charge in [0.2, 0.25) is 10.0 Å². The fourth-order valence-corrected chi connectivity index (χ4v) is 2.40. The van der Waals surface area contributed by atoms with Gasteiger partial charge in [-0.15, -0.1) is 0 Å². The number of rotatable bonds is 4. The molecule has 1 aromatic rings. The minimum Gasteiger partial charge on any atom is -0.216 e. The van der Waals surface area contributed by atoms with Gasteiger partial charge in [-0.2, -0.15) is 0 Å². The predicted molar refractivity (Wildman–Crippen MR) is 59.0 cm³/mol. The zero-order valence-electron chi connectivity index (χ0n) is 8.60. The van der Waals surface area contributed by atoms with Gasteiger partial charge < -0.3 is 0 Å². The van der Waals surface area contributed by atoms with Crippen molar-refractivity contribution < 1.29 is 16.8 Å².